The predicted molar refractivity (Wildman–Crippen MR) is 79.1 cm³/mol. The number of pyridine rings is 2. The second-order valence-electron chi connectivity index (χ2n) is 4.37. The lowest BCUT2D eigenvalue weighted by Crippen LogP contribution is -1.97. The zero-order chi connectivity index (χ0) is 13.1. The van der Waals surface area contributed by atoms with Crippen molar-refractivity contribution >= 4 is 16.6 Å². The molecule has 19 heavy (non-hydrogen) atoms. The molecule has 0 radical (unpaired) electrons. The van der Waals surface area contributed by atoms with Crippen LogP contribution in [0.2, 0.25) is 0 Å². The van der Waals surface area contributed by atoms with Crippen molar-refractivity contribution in [1.29, 1.82) is 0 Å². The lowest BCUT2D eigenvalue weighted by molar-refractivity contribution is 1.20. The van der Waals surface area contributed by atoms with Gasteiger partial charge >= 0.3 is 0 Å². The second kappa shape index (κ2) is 5.06. The summed E-state index contributed by atoms with van der Waals surface area (Å²) < 4.78 is 0. The van der Waals surface area contributed by atoms with Crippen LogP contribution >= 0.6 is 0 Å². The summed E-state index contributed by atoms with van der Waals surface area (Å²) in [6.45, 7) is 2.99. The Hall–Kier alpha value is -2.42. The third-order valence-corrected chi connectivity index (χ3v) is 3.04. The van der Waals surface area contributed by atoms with Crippen molar-refractivity contribution in [3.8, 4) is 11.3 Å². The van der Waals surface area contributed by atoms with E-state index in [1.54, 1.807) is 0 Å². The molecule has 2 aromatic heterocycles. The third-order valence-electron chi connectivity index (χ3n) is 3.04. The van der Waals surface area contributed by atoms with Gasteiger partial charge in [0.05, 0.1) is 11.2 Å². The van der Waals surface area contributed by atoms with E-state index in [9.17, 15) is 0 Å². The van der Waals surface area contributed by atoms with Crippen LogP contribution in [0.1, 0.15) is 6.92 Å². The van der Waals surface area contributed by atoms with E-state index in [2.05, 4.69) is 46.5 Å². The maximum absolute atomic E-state index is 4.44. The van der Waals surface area contributed by atoms with E-state index in [-0.39, 0.29) is 0 Å². The van der Waals surface area contributed by atoms with Gasteiger partial charge in [0.2, 0.25) is 0 Å². The Morgan fingerprint density at radius 1 is 1.00 bits per heavy atom. The Labute approximate surface area is 112 Å². The first-order chi connectivity index (χ1) is 9.36. The quantitative estimate of drug-likeness (QED) is 0.768. The topological polar surface area (TPSA) is 37.8 Å². The first-order valence-corrected chi connectivity index (χ1v) is 6.42. The number of nitrogens with one attached hydrogen (secondary N) is 1. The number of hydrogen-bond acceptors (Lipinski definition) is 3. The van der Waals surface area contributed by atoms with Crippen molar-refractivity contribution in [2.75, 3.05) is 11.9 Å². The van der Waals surface area contributed by atoms with Gasteiger partial charge in [0.1, 0.15) is 0 Å². The highest BCUT2D eigenvalue weighted by Crippen LogP contribution is 2.23. The molecule has 0 fully saturated rings. The van der Waals surface area contributed by atoms with E-state index >= 15 is 0 Å². The largest absolute Gasteiger partial charge is 0.385 e. The van der Waals surface area contributed by atoms with E-state index in [0.717, 1.165) is 34.4 Å². The van der Waals surface area contributed by atoms with Crippen LogP contribution in [0.5, 0.6) is 0 Å². The van der Waals surface area contributed by atoms with Gasteiger partial charge in [-0.25, -0.2) is 0 Å². The van der Waals surface area contributed by atoms with E-state index in [4.69, 9.17) is 0 Å². The minimum absolute atomic E-state index is 0.908. The molecule has 3 heteroatoms. The van der Waals surface area contributed by atoms with Gasteiger partial charge in [0.25, 0.3) is 0 Å². The molecule has 3 rings (SSSR count). The minimum atomic E-state index is 0.908. The molecule has 0 unspecified atom stereocenters. The van der Waals surface area contributed by atoms with Crippen molar-refractivity contribution < 1.29 is 0 Å². The summed E-state index contributed by atoms with van der Waals surface area (Å²) in [5, 5.41) is 4.44. The van der Waals surface area contributed by atoms with Gasteiger partial charge in [-0.2, -0.15) is 0 Å². The second-order valence-corrected chi connectivity index (χ2v) is 4.37. The van der Waals surface area contributed by atoms with Crippen LogP contribution in [0.3, 0.4) is 0 Å². The maximum Gasteiger partial charge on any atom is 0.0722 e. The van der Waals surface area contributed by atoms with E-state index in [1.165, 1.54) is 0 Å². The Morgan fingerprint density at radius 2 is 1.95 bits per heavy atom. The molecule has 0 aliphatic rings. The maximum atomic E-state index is 4.44. The average Bonchev–Trinajstić information content (AvgIpc) is 2.47. The summed E-state index contributed by atoms with van der Waals surface area (Å²) in [5.41, 5.74) is 4.19. The van der Waals surface area contributed by atoms with Gasteiger partial charge in [0, 0.05) is 35.6 Å². The summed E-state index contributed by atoms with van der Waals surface area (Å²) in [6, 6.07) is 14.3. The highest BCUT2D eigenvalue weighted by atomic mass is 14.9. The fraction of sp³-hybridized carbons (Fsp3) is 0.125. The van der Waals surface area contributed by atoms with Crippen molar-refractivity contribution in [1.82, 2.24) is 9.97 Å². The monoisotopic (exact) mass is 249 g/mol. The Balaban J connectivity index is 2.05. The molecule has 2 heterocycles. The molecule has 94 valence electrons. The summed E-state index contributed by atoms with van der Waals surface area (Å²) in [4.78, 5) is 8.77. The summed E-state index contributed by atoms with van der Waals surface area (Å²) in [7, 11) is 0. The lowest BCUT2D eigenvalue weighted by Gasteiger charge is -2.06. The summed E-state index contributed by atoms with van der Waals surface area (Å²) in [6.07, 6.45) is 3.65. The molecule has 0 bridgehead atoms. The molecule has 0 saturated carbocycles. The number of benzene rings is 1. The van der Waals surface area contributed by atoms with Gasteiger partial charge in [0.15, 0.2) is 0 Å². The van der Waals surface area contributed by atoms with Crippen LogP contribution in [0.15, 0.2) is 54.9 Å². The van der Waals surface area contributed by atoms with Crippen LogP contribution < -0.4 is 5.32 Å². The van der Waals surface area contributed by atoms with Crippen molar-refractivity contribution in [2.45, 2.75) is 6.92 Å². The summed E-state index contributed by atoms with van der Waals surface area (Å²) >= 11 is 0. The molecule has 0 aliphatic carbocycles. The predicted octanol–water partition coefficient (Wildman–Crippen LogP) is 3.73. The fourth-order valence-electron chi connectivity index (χ4n) is 2.14. The molecule has 0 saturated heterocycles. The van der Waals surface area contributed by atoms with Gasteiger partial charge in [-0.05, 0) is 37.3 Å². The smallest absolute Gasteiger partial charge is 0.0722 e. The standard InChI is InChI=1S/C16H15N3/c1-2-17-14-7-9-19-16(11-14)13-5-6-15-12(10-13)4-3-8-18-15/h3-11H,2H2,1H3,(H,17,19). The number of anilines is 1. The molecular formula is C16H15N3. The SMILES string of the molecule is CCNc1ccnc(-c2ccc3ncccc3c2)c1. The van der Waals surface area contributed by atoms with Crippen LogP contribution in [-0.4, -0.2) is 16.5 Å². The Kier molecular flexibility index (Phi) is 3.11. The third kappa shape index (κ3) is 2.40. The molecule has 1 N–H and O–H groups in total. The molecule has 0 atom stereocenters. The zero-order valence-electron chi connectivity index (χ0n) is 10.8. The van der Waals surface area contributed by atoms with E-state index in [0.29, 0.717) is 0 Å². The van der Waals surface area contributed by atoms with Crippen LogP contribution in [-0.2, 0) is 0 Å². The molecule has 0 aliphatic heterocycles. The van der Waals surface area contributed by atoms with Gasteiger partial charge < -0.3 is 5.32 Å². The van der Waals surface area contributed by atoms with E-state index in [1.807, 2.05) is 30.6 Å². The van der Waals surface area contributed by atoms with Crippen LogP contribution in [0.4, 0.5) is 5.69 Å². The highest BCUT2D eigenvalue weighted by molar-refractivity contribution is 5.83. The number of fused-ring (bicyclic) bond motifs is 1. The first-order valence-electron chi connectivity index (χ1n) is 6.42. The molecule has 3 aromatic rings. The lowest BCUT2D eigenvalue weighted by atomic mass is 10.1. The van der Waals surface area contributed by atoms with Gasteiger partial charge in [-0.3, -0.25) is 9.97 Å². The van der Waals surface area contributed by atoms with E-state index < -0.39 is 0 Å². The van der Waals surface area contributed by atoms with Gasteiger partial charge in [-0.15, -0.1) is 0 Å². The molecule has 0 spiro atoms. The molecule has 0 amide bonds. The molecule has 3 nitrogen and oxygen atoms in total. The Bertz CT molecular complexity index is 707. The van der Waals surface area contributed by atoms with Crippen LogP contribution in [0, 0.1) is 0 Å². The zero-order valence-corrected chi connectivity index (χ0v) is 10.8. The fourth-order valence-corrected chi connectivity index (χ4v) is 2.14. The average molecular weight is 249 g/mol. The highest BCUT2D eigenvalue weighted by Gasteiger charge is 2.02. The van der Waals surface area contributed by atoms with Crippen LogP contribution in [0.25, 0.3) is 22.2 Å². The summed E-state index contributed by atoms with van der Waals surface area (Å²) in [5.74, 6) is 0. The molecular weight excluding hydrogens is 234 g/mol. The first kappa shape index (κ1) is 11.7. The molecule has 1 aromatic carbocycles. The minimum Gasteiger partial charge on any atom is -0.385 e. The van der Waals surface area contributed by atoms with Gasteiger partial charge in [-0.1, -0.05) is 12.1 Å². The Morgan fingerprint density at radius 3 is 2.84 bits per heavy atom. The number of hydrogen-bond donors (Lipinski definition) is 1. The number of rotatable bonds is 3. The van der Waals surface area contributed by atoms with Crippen molar-refractivity contribution in [3.63, 3.8) is 0 Å². The normalized spacial score (nSPS) is 10.6. The number of nitrogens with zero attached hydrogens (tertiary/aromatic N) is 2. The van der Waals surface area contributed by atoms with Crippen molar-refractivity contribution in [3.05, 3.63) is 54.9 Å². The number of aromatic nitrogens is 2. The van der Waals surface area contributed by atoms with Crippen molar-refractivity contribution in [2.24, 2.45) is 0 Å².